The topological polar surface area (TPSA) is 52.6 Å². The number of alkyl halides is 3. The normalized spacial score (nSPS) is 11.1. The number of carbonyl (C=O) groups is 2. The van der Waals surface area contributed by atoms with Gasteiger partial charge in [-0.15, -0.1) is 13.2 Å². The van der Waals surface area contributed by atoms with Crippen LogP contribution < -0.4 is 4.74 Å². The molecule has 0 aromatic heterocycles. The summed E-state index contributed by atoms with van der Waals surface area (Å²) in [6.45, 7) is 1.89. The van der Waals surface area contributed by atoms with E-state index in [1.807, 2.05) is 0 Å². The SMILES string of the molecule is CCOC(=O)CC(=O)c1ccc(Cc2ccc(OC(F)(F)F)cc2)cc1. The minimum atomic E-state index is -4.71. The van der Waals surface area contributed by atoms with E-state index in [9.17, 15) is 22.8 Å². The zero-order valence-electron chi connectivity index (χ0n) is 14.0. The van der Waals surface area contributed by atoms with E-state index in [-0.39, 0.29) is 24.6 Å². The number of rotatable bonds is 7. The van der Waals surface area contributed by atoms with Gasteiger partial charge in [-0.05, 0) is 36.6 Å². The number of carbonyl (C=O) groups excluding carboxylic acids is 2. The predicted molar refractivity (Wildman–Crippen MR) is 88.0 cm³/mol. The highest BCUT2D eigenvalue weighted by Gasteiger charge is 2.30. The van der Waals surface area contributed by atoms with Crippen molar-refractivity contribution in [1.82, 2.24) is 0 Å². The van der Waals surface area contributed by atoms with Crippen LogP contribution in [0.25, 0.3) is 0 Å². The fourth-order valence-electron chi connectivity index (χ4n) is 2.30. The fraction of sp³-hybridized carbons (Fsp3) is 0.263. The molecule has 0 N–H and O–H groups in total. The van der Waals surface area contributed by atoms with Crippen LogP contribution in [0.5, 0.6) is 5.75 Å². The summed E-state index contributed by atoms with van der Waals surface area (Å²) in [5, 5.41) is 0. The first-order valence-electron chi connectivity index (χ1n) is 7.89. The summed E-state index contributed by atoms with van der Waals surface area (Å²) in [4.78, 5) is 23.3. The van der Waals surface area contributed by atoms with Crippen molar-refractivity contribution < 1.29 is 32.2 Å². The Hall–Kier alpha value is -2.83. The summed E-state index contributed by atoms with van der Waals surface area (Å²) < 4.78 is 45.0. The molecule has 2 aromatic carbocycles. The Morgan fingerprint density at radius 1 is 0.923 bits per heavy atom. The van der Waals surface area contributed by atoms with Crippen LogP contribution in [-0.2, 0) is 16.0 Å². The van der Waals surface area contributed by atoms with Gasteiger partial charge in [-0.3, -0.25) is 9.59 Å². The lowest BCUT2D eigenvalue weighted by molar-refractivity contribution is -0.274. The minimum Gasteiger partial charge on any atom is -0.466 e. The maximum absolute atomic E-state index is 12.1. The Balaban J connectivity index is 1.96. The first-order valence-corrected chi connectivity index (χ1v) is 7.89. The smallest absolute Gasteiger partial charge is 0.466 e. The number of halogens is 3. The van der Waals surface area contributed by atoms with Gasteiger partial charge in [0.1, 0.15) is 12.2 Å². The van der Waals surface area contributed by atoms with Crippen molar-refractivity contribution >= 4 is 11.8 Å². The minimum absolute atomic E-state index is 0.220. The van der Waals surface area contributed by atoms with Crippen molar-refractivity contribution in [3.05, 3.63) is 65.2 Å². The van der Waals surface area contributed by atoms with Gasteiger partial charge in [-0.25, -0.2) is 0 Å². The van der Waals surface area contributed by atoms with Gasteiger partial charge in [0, 0.05) is 5.56 Å². The van der Waals surface area contributed by atoms with Crippen LogP contribution in [0, 0.1) is 0 Å². The number of Topliss-reactive ketones (excluding diaryl/α,β-unsaturated/α-hetero) is 1. The number of hydrogen-bond acceptors (Lipinski definition) is 4. The van der Waals surface area contributed by atoms with Gasteiger partial charge < -0.3 is 9.47 Å². The zero-order valence-corrected chi connectivity index (χ0v) is 14.0. The molecule has 0 radical (unpaired) electrons. The second-order valence-electron chi connectivity index (χ2n) is 5.47. The molecule has 26 heavy (non-hydrogen) atoms. The maximum atomic E-state index is 12.1. The summed E-state index contributed by atoms with van der Waals surface area (Å²) in [5.74, 6) is -1.17. The van der Waals surface area contributed by atoms with Crippen molar-refractivity contribution in [2.45, 2.75) is 26.1 Å². The Morgan fingerprint density at radius 2 is 1.46 bits per heavy atom. The van der Waals surface area contributed by atoms with Crippen molar-refractivity contribution in [2.24, 2.45) is 0 Å². The van der Waals surface area contributed by atoms with E-state index in [1.165, 1.54) is 12.1 Å². The molecule has 0 aliphatic carbocycles. The summed E-state index contributed by atoms with van der Waals surface area (Å²) >= 11 is 0. The molecule has 0 aliphatic heterocycles. The molecule has 0 saturated heterocycles. The van der Waals surface area contributed by atoms with Gasteiger partial charge in [-0.2, -0.15) is 0 Å². The molecule has 0 spiro atoms. The van der Waals surface area contributed by atoms with Gasteiger partial charge in [0.15, 0.2) is 5.78 Å². The van der Waals surface area contributed by atoms with E-state index in [2.05, 4.69) is 4.74 Å². The highest BCUT2D eigenvalue weighted by atomic mass is 19.4. The largest absolute Gasteiger partial charge is 0.573 e. The average Bonchev–Trinajstić information content (AvgIpc) is 2.56. The first-order chi connectivity index (χ1) is 12.3. The molecule has 7 heteroatoms. The summed E-state index contributed by atoms with van der Waals surface area (Å²) in [6.07, 6.45) is -4.54. The summed E-state index contributed by atoms with van der Waals surface area (Å²) in [6, 6.07) is 12.3. The standard InChI is InChI=1S/C19H17F3O4/c1-2-25-18(24)12-17(23)15-7-3-13(4-8-15)11-14-5-9-16(10-6-14)26-19(20,21)22/h3-10H,2,11-12H2,1H3. The lowest BCUT2D eigenvalue weighted by atomic mass is 10.0. The third kappa shape index (κ3) is 6.23. The van der Waals surface area contributed by atoms with Gasteiger partial charge in [0.2, 0.25) is 0 Å². The molecular weight excluding hydrogens is 349 g/mol. The van der Waals surface area contributed by atoms with E-state index in [0.717, 1.165) is 11.1 Å². The second kappa shape index (κ2) is 8.51. The van der Waals surface area contributed by atoms with Crippen LogP contribution in [0.15, 0.2) is 48.5 Å². The predicted octanol–water partition coefficient (Wildman–Crippen LogP) is 4.31. The number of ether oxygens (including phenoxy) is 2. The quantitative estimate of drug-likeness (QED) is 0.416. The monoisotopic (exact) mass is 366 g/mol. The molecule has 2 rings (SSSR count). The fourth-order valence-corrected chi connectivity index (χ4v) is 2.30. The van der Waals surface area contributed by atoms with Crippen molar-refractivity contribution in [3.63, 3.8) is 0 Å². The number of esters is 1. The van der Waals surface area contributed by atoms with Gasteiger partial charge in [0.05, 0.1) is 6.61 Å². The number of hydrogen-bond donors (Lipinski definition) is 0. The van der Waals surface area contributed by atoms with Gasteiger partial charge in [-0.1, -0.05) is 36.4 Å². The number of benzene rings is 2. The van der Waals surface area contributed by atoms with Crippen LogP contribution in [0.4, 0.5) is 13.2 Å². The van der Waals surface area contributed by atoms with E-state index in [1.54, 1.807) is 43.3 Å². The third-order valence-corrected chi connectivity index (χ3v) is 3.45. The first kappa shape index (κ1) is 19.5. The molecule has 2 aromatic rings. The third-order valence-electron chi connectivity index (χ3n) is 3.45. The van der Waals surface area contributed by atoms with Crippen LogP contribution in [0.3, 0.4) is 0 Å². The van der Waals surface area contributed by atoms with Crippen LogP contribution >= 0.6 is 0 Å². The Labute approximate surface area is 148 Å². The average molecular weight is 366 g/mol. The van der Waals surface area contributed by atoms with E-state index in [0.29, 0.717) is 12.0 Å². The van der Waals surface area contributed by atoms with Crippen LogP contribution in [0.1, 0.15) is 34.8 Å². The molecule has 0 unspecified atom stereocenters. The van der Waals surface area contributed by atoms with E-state index < -0.39 is 12.3 Å². The molecule has 0 heterocycles. The van der Waals surface area contributed by atoms with E-state index in [4.69, 9.17) is 4.74 Å². The molecule has 0 amide bonds. The lowest BCUT2D eigenvalue weighted by Gasteiger charge is -2.09. The Morgan fingerprint density at radius 3 is 1.96 bits per heavy atom. The second-order valence-corrected chi connectivity index (χ2v) is 5.47. The molecule has 0 saturated carbocycles. The van der Waals surface area contributed by atoms with Crippen molar-refractivity contribution in [1.29, 1.82) is 0 Å². The molecule has 138 valence electrons. The molecule has 0 bridgehead atoms. The summed E-state index contributed by atoms with van der Waals surface area (Å²) in [7, 11) is 0. The number of ketones is 1. The molecular formula is C19H17F3O4. The highest BCUT2D eigenvalue weighted by Crippen LogP contribution is 2.23. The summed E-state index contributed by atoms with van der Waals surface area (Å²) in [5.41, 5.74) is 2.07. The van der Waals surface area contributed by atoms with Crippen LogP contribution in [-0.4, -0.2) is 24.7 Å². The maximum Gasteiger partial charge on any atom is 0.573 e. The highest BCUT2D eigenvalue weighted by molar-refractivity contribution is 6.05. The Kier molecular flexibility index (Phi) is 6.38. The van der Waals surface area contributed by atoms with Crippen molar-refractivity contribution in [2.75, 3.05) is 6.61 Å². The molecule has 0 atom stereocenters. The molecule has 0 aliphatic rings. The van der Waals surface area contributed by atoms with Crippen LogP contribution in [0.2, 0.25) is 0 Å². The molecule has 4 nitrogen and oxygen atoms in total. The van der Waals surface area contributed by atoms with Crippen molar-refractivity contribution in [3.8, 4) is 5.75 Å². The molecule has 0 fully saturated rings. The van der Waals surface area contributed by atoms with E-state index >= 15 is 0 Å². The Bertz CT molecular complexity index is 750. The van der Waals surface area contributed by atoms with Gasteiger partial charge >= 0.3 is 12.3 Å². The lowest BCUT2D eigenvalue weighted by Crippen LogP contribution is -2.17. The zero-order chi connectivity index (χ0) is 19.2. The van der Waals surface area contributed by atoms with Gasteiger partial charge in [0.25, 0.3) is 0 Å².